The number of fused-ring (bicyclic) bond motifs is 4. The number of benzene rings is 4. The highest BCUT2D eigenvalue weighted by atomic mass is 16.3. The Kier molecular flexibility index (Phi) is 4.03. The highest BCUT2D eigenvalue weighted by Crippen LogP contribution is 2.36. The Labute approximate surface area is 200 Å². The van der Waals surface area contributed by atoms with Gasteiger partial charge < -0.3 is 8.98 Å². The molecule has 2 heterocycles. The zero-order valence-corrected chi connectivity index (χ0v) is 18.9. The Balaban J connectivity index is 1.31. The van der Waals surface area contributed by atoms with Crippen LogP contribution in [0.3, 0.4) is 0 Å². The normalized spacial score (nSPS) is 13.3. The third kappa shape index (κ3) is 2.87. The molecule has 0 atom stereocenters. The molecule has 0 radical (unpaired) electrons. The Morgan fingerprint density at radius 2 is 1.31 bits per heavy atom. The highest BCUT2D eigenvalue weighted by Gasteiger charge is 2.33. The predicted molar refractivity (Wildman–Crippen MR) is 139 cm³/mol. The minimum absolute atomic E-state index is 0.142. The fourth-order valence-corrected chi connectivity index (χ4v) is 5.19. The van der Waals surface area contributed by atoms with Crippen LogP contribution in [0.15, 0.2) is 101 Å². The molecule has 1 aliphatic carbocycles. The van der Waals surface area contributed by atoms with E-state index in [1.54, 1.807) is 18.2 Å². The first kappa shape index (κ1) is 19.7. The van der Waals surface area contributed by atoms with Gasteiger partial charge in [0.1, 0.15) is 5.76 Å². The summed E-state index contributed by atoms with van der Waals surface area (Å²) in [4.78, 5) is 26.2. The number of hydrogen-bond donors (Lipinski definition) is 0. The van der Waals surface area contributed by atoms with Crippen molar-refractivity contribution in [2.75, 3.05) is 0 Å². The number of rotatable bonds is 2. The smallest absolute Gasteiger partial charge is 0.197 e. The maximum atomic E-state index is 13.1. The first-order valence-electron chi connectivity index (χ1n) is 11.5. The number of carbonyl (C=O) groups is 2. The number of allylic oxidation sites excluding steroid dienone is 1. The van der Waals surface area contributed by atoms with Gasteiger partial charge in [0.25, 0.3) is 0 Å². The topological polar surface area (TPSA) is 52.2 Å². The number of furan rings is 1. The third-order valence-corrected chi connectivity index (χ3v) is 6.97. The lowest BCUT2D eigenvalue weighted by atomic mass is 10.0. The molecule has 4 heteroatoms. The van der Waals surface area contributed by atoms with Gasteiger partial charge in [-0.3, -0.25) is 9.59 Å². The van der Waals surface area contributed by atoms with Crippen LogP contribution in [-0.2, 0) is 7.05 Å². The number of aryl methyl sites for hydroxylation is 1. The Morgan fingerprint density at radius 1 is 0.686 bits per heavy atom. The summed E-state index contributed by atoms with van der Waals surface area (Å²) in [6.07, 6.45) is 1.58. The number of nitrogens with zero attached hydrogens (tertiary/aromatic N) is 1. The molecule has 7 rings (SSSR count). The minimum atomic E-state index is -0.257. The van der Waals surface area contributed by atoms with Crippen LogP contribution in [0.25, 0.3) is 50.0 Å². The molecule has 1 aliphatic rings. The van der Waals surface area contributed by atoms with Crippen LogP contribution < -0.4 is 0 Å². The van der Waals surface area contributed by atoms with Crippen LogP contribution in [-0.4, -0.2) is 16.1 Å². The fraction of sp³-hybridized carbons (Fsp3) is 0.0323. The largest absolute Gasteiger partial charge is 0.455 e. The summed E-state index contributed by atoms with van der Waals surface area (Å²) < 4.78 is 8.18. The van der Waals surface area contributed by atoms with Crippen LogP contribution in [0.5, 0.6) is 0 Å². The molecule has 0 unspecified atom stereocenters. The fourth-order valence-electron chi connectivity index (χ4n) is 5.19. The molecule has 6 aromatic rings. The van der Waals surface area contributed by atoms with Crippen molar-refractivity contribution in [2.24, 2.45) is 7.05 Å². The van der Waals surface area contributed by atoms with Crippen molar-refractivity contribution in [1.29, 1.82) is 0 Å². The zero-order chi connectivity index (χ0) is 23.7. The van der Waals surface area contributed by atoms with Crippen LogP contribution in [0, 0.1) is 0 Å². The maximum absolute atomic E-state index is 13.1. The lowest BCUT2D eigenvalue weighted by Gasteiger charge is -2.08. The number of carbonyl (C=O) groups excluding carboxylic acids is 2. The molecule has 35 heavy (non-hydrogen) atoms. The SMILES string of the molecule is Cn1c(-c2cccc3ccccc23)cc2oc(C=C3C(=O)c4cc5ccccc5cc4C3=O)cc21. The summed E-state index contributed by atoms with van der Waals surface area (Å²) in [5.74, 6) is -0.0237. The van der Waals surface area contributed by atoms with Crippen molar-refractivity contribution >= 4 is 50.3 Å². The molecular formula is C31H19NO3. The summed E-state index contributed by atoms with van der Waals surface area (Å²) >= 11 is 0. The Hall–Kier alpha value is -4.70. The number of ketones is 2. The van der Waals surface area contributed by atoms with Crippen LogP contribution in [0.2, 0.25) is 0 Å². The van der Waals surface area contributed by atoms with Crippen molar-refractivity contribution in [1.82, 2.24) is 4.57 Å². The molecule has 0 saturated heterocycles. The van der Waals surface area contributed by atoms with E-state index in [4.69, 9.17) is 4.42 Å². The van der Waals surface area contributed by atoms with Crippen molar-refractivity contribution in [2.45, 2.75) is 0 Å². The van der Waals surface area contributed by atoms with E-state index in [2.05, 4.69) is 34.9 Å². The van der Waals surface area contributed by atoms with Gasteiger partial charge in [-0.25, -0.2) is 0 Å². The lowest BCUT2D eigenvalue weighted by molar-refractivity contribution is 0.0990. The van der Waals surface area contributed by atoms with E-state index in [1.165, 1.54) is 10.8 Å². The second-order valence-electron chi connectivity index (χ2n) is 8.97. The van der Waals surface area contributed by atoms with E-state index < -0.39 is 0 Å². The first-order valence-corrected chi connectivity index (χ1v) is 11.5. The van der Waals surface area contributed by atoms with Crippen LogP contribution >= 0.6 is 0 Å². The van der Waals surface area contributed by atoms with Crippen molar-refractivity contribution in [3.63, 3.8) is 0 Å². The molecule has 0 saturated carbocycles. The maximum Gasteiger partial charge on any atom is 0.197 e. The van der Waals surface area contributed by atoms with Gasteiger partial charge in [-0.05, 0) is 39.8 Å². The number of Topliss-reactive ketones (excluding diaryl/α,β-unsaturated/α-hetero) is 2. The Morgan fingerprint density at radius 3 is 2.00 bits per heavy atom. The van der Waals surface area contributed by atoms with Crippen LogP contribution in [0.4, 0.5) is 0 Å². The van der Waals surface area contributed by atoms with Gasteiger partial charge in [0.15, 0.2) is 17.1 Å². The highest BCUT2D eigenvalue weighted by molar-refractivity contribution is 6.42. The molecule has 2 aromatic heterocycles. The van der Waals surface area contributed by atoms with Gasteiger partial charge >= 0.3 is 0 Å². The van der Waals surface area contributed by atoms with E-state index in [0.29, 0.717) is 22.5 Å². The van der Waals surface area contributed by atoms with Gasteiger partial charge in [-0.2, -0.15) is 0 Å². The molecular weight excluding hydrogens is 434 g/mol. The van der Waals surface area contributed by atoms with Gasteiger partial charge in [0.2, 0.25) is 0 Å². The van der Waals surface area contributed by atoms with E-state index in [-0.39, 0.29) is 17.1 Å². The standard InChI is InChI=1S/C31H19NO3/c1-32-27(23-12-6-10-18-7-4-5-11-22(18)23)17-29-28(32)16-21(35-29)15-26-30(33)24-13-19-8-2-3-9-20(19)14-25(24)31(26)34/h2-17H,1H3. The average Bonchev–Trinajstić information content (AvgIpc) is 3.50. The summed E-state index contributed by atoms with van der Waals surface area (Å²) in [6, 6.07) is 29.8. The molecule has 0 N–H and O–H groups in total. The third-order valence-electron chi connectivity index (χ3n) is 6.97. The van der Waals surface area contributed by atoms with E-state index in [1.807, 2.05) is 55.6 Å². The first-order chi connectivity index (χ1) is 17.1. The van der Waals surface area contributed by atoms with Crippen molar-refractivity contribution in [3.05, 3.63) is 113 Å². The lowest BCUT2D eigenvalue weighted by Crippen LogP contribution is -1.99. The molecule has 4 aromatic carbocycles. The van der Waals surface area contributed by atoms with Gasteiger partial charge in [-0.1, -0.05) is 66.7 Å². The predicted octanol–water partition coefficient (Wildman–Crippen LogP) is 7.21. The summed E-state index contributed by atoms with van der Waals surface area (Å²) in [5, 5.41) is 4.24. The number of hydrogen-bond acceptors (Lipinski definition) is 3. The summed E-state index contributed by atoms with van der Waals surface area (Å²) in [6.45, 7) is 0. The van der Waals surface area contributed by atoms with Gasteiger partial charge in [0, 0.05) is 35.9 Å². The van der Waals surface area contributed by atoms with E-state index in [0.717, 1.165) is 27.5 Å². The van der Waals surface area contributed by atoms with Gasteiger partial charge in [-0.15, -0.1) is 0 Å². The molecule has 0 spiro atoms. The minimum Gasteiger partial charge on any atom is -0.455 e. The second kappa shape index (κ2) is 7.15. The number of aromatic nitrogens is 1. The Bertz CT molecular complexity index is 1840. The van der Waals surface area contributed by atoms with Crippen LogP contribution in [0.1, 0.15) is 26.5 Å². The summed E-state index contributed by atoms with van der Waals surface area (Å²) in [7, 11) is 2.00. The van der Waals surface area contributed by atoms with E-state index in [9.17, 15) is 9.59 Å². The second-order valence-corrected chi connectivity index (χ2v) is 8.97. The molecule has 166 valence electrons. The van der Waals surface area contributed by atoms with E-state index >= 15 is 0 Å². The zero-order valence-electron chi connectivity index (χ0n) is 18.9. The summed E-state index contributed by atoms with van der Waals surface area (Å²) in [5.41, 5.74) is 4.83. The monoisotopic (exact) mass is 453 g/mol. The molecule has 4 nitrogen and oxygen atoms in total. The average molecular weight is 453 g/mol. The molecule has 0 bridgehead atoms. The molecule has 0 aliphatic heterocycles. The molecule has 0 amide bonds. The van der Waals surface area contributed by atoms with Crippen molar-refractivity contribution < 1.29 is 14.0 Å². The molecule has 0 fully saturated rings. The van der Waals surface area contributed by atoms with Gasteiger partial charge in [0.05, 0.1) is 16.8 Å². The van der Waals surface area contributed by atoms with Crippen molar-refractivity contribution in [3.8, 4) is 11.3 Å². The quantitative estimate of drug-likeness (QED) is 0.206.